The van der Waals surface area contributed by atoms with Crippen molar-refractivity contribution in [3.63, 3.8) is 0 Å². The molecule has 0 bridgehead atoms. The van der Waals surface area contributed by atoms with Crippen molar-refractivity contribution < 1.29 is 9.47 Å². The Morgan fingerprint density at radius 1 is 1.25 bits per heavy atom. The number of hydrogen-bond donors (Lipinski definition) is 0. The fraction of sp³-hybridized carbons (Fsp3) is 0.647. The van der Waals surface area contributed by atoms with Gasteiger partial charge in [-0.1, -0.05) is 67.8 Å². The molecule has 0 amide bonds. The Morgan fingerprint density at radius 3 is 2.65 bits per heavy atom. The molecule has 0 spiro atoms. The van der Waals surface area contributed by atoms with E-state index < -0.39 is 0 Å². The van der Waals surface area contributed by atoms with Gasteiger partial charge in [-0.15, -0.1) is 0 Å². The largest absolute Gasteiger partial charge is 0.497 e. The number of alkyl halides is 1. The molecule has 20 heavy (non-hydrogen) atoms. The van der Waals surface area contributed by atoms with Gasteiger partial charge in [-0.05, 0) is 30.0 Å². The number of methoxy groups -OCH3 is 1. The summed E-state index contributed by atoms with van der Waals surface area (Å²) in [5.74, 6) is 1.59. The summed E-state index contributed by atoms with van der Waals surface area (Å²) in [6.45, 7) is 5.37. The quantitative estimate of drug-likeness (QED) is 0.393. The highest BCUT2D eigenvalue weighted by Gasteiger charge is 2.14. The molecule has 0 saturated carbocycles. The second kappa shape index (κ2) is 10.4. The van der Waals surface area contributed by atoms with Crippen LogP contribution < -0.4 is 4.74 Å². The van der Waals surface area contributed by atoms with Crippen LogP contribution in [0.4, 0.5) is 0 Å². The summed E-state index contributed by atoms with van der Waals surface area (Å²) >= 11 is 2.40. The van der Waals surface area contributed by atoms with E-state index in [1.54, 1.807) is 7.11 Å². The van der Waals surface area contributed by atoms with E-state index in [-0.39, 0.29) is 6.10 Å². The molecule has 2 atom stereocenters. The van der Waals surface area contributed by atoms with E-state index >= 15 is 0 Å². The lowest BCUT2D eigenvalue weighted by Crippen LogP contribution is -2.14. The fourth-order valence-corrected chi connectivity index (χ4v) is 2.98. The Labute approximate surface area is 137 Å². The lowest BCUT2D eigenvalue weighted by Gasteiger charge is -2.21. The predicted octanol–water partition coefficient (Wildman–Crippen LogP) is 5.40. The Balaban J connectivity index is 2.57. The second-order valence-corrected chi connectivity index (χ2v) is 6.05. The van der Waals surface area contributed by atoms with Crippen LogP contribution in [0.1, 0.15) is 51.2 Å². The Bertz CT molecular complexity index is 368. The number of halogens is 1. The first-order valence-corrected chi connectivity index (χ1v) is 9.09. The summed E-state index contributed by atoms with van der Waals surface area (Å²) in [6, 6.07) is 8.21. The summed E-state index contributed by atoms with van der Waals surface area (Å²) in [5, 5.41) is 0. The third kappa shape index (κ3) is 6.00. The van der Waals surface area contributed by atoms with Gasteiger partial charge in [-0.3, -0.25) is 0 Å². The standard InChI is InChI=1S/C17H27IO2/c1-4-6-8-14(5-2)13-20-17(12-18)15-9-7-10-16(11-15)19-3/h7,9-11,14,17H,4-6,8,12-13H2,1-3H3. The molecule has 0 N–H and O–H groups in total. The summed E-state index contributed by atoms with van der Waals surface area (Å²) in [6.07, 6.45) is 5.21. The zero-order valence-corrected chi connectivity index (χ0v) is 15.1. The minimum absolute atomic E-state index is 0.168. The van der Waals surface area contributed by atoms with Gasteiger partial charge in [0.2, 0.25) is 0 Å². The van der Waals surface area contributed by atoms with Gasteiger partial charge in [0.15, 0.2) is 0 Å². The Kier molecular flexibility index (Phi) is 9.27. The maximum Gasteiger partial charge on any atom is 0.119 e. The van der Waals surface area contributed by atoms with Crippen LogP contribution >= 0.6 is 22.6 Å². The molecular formula is C17H27IO2. The van der Waals surface area contributed by atoms with Crippen molar-refractivity contribution >= 4 is 22.6 Å². The third-order valence-electron chi connectivity index (χ3n) is 3.68. The van der Waals surface area contributed by atoms with E-state index in [1.807, 2.05) is 12.1 Å². The van der Waals surface area contributed by atoms with Crippen molar-refractivity contribution in [3.05, 3.63) is 29.8 Å². The minimum atomic E-state index is 0.168. The first kappa shape index (κ1) is 17.8. The van der Waals surface area contributed by atoms with Crippen molar-refractivity contribution in [3.8, 4) is 5.75 Å². The average Bonchev–Trinajstić information content (AvgIpc) is 2.51. The van der Waals surface area contributed by atoms with Crippen molar-refractivity contribution in [1.29, 1.82) is 0 Å². The highest BCUT2D eigenvalue weighted by molar-refractivity contribution is 14.1. The van der Waals surface area contributed by atoms with Crippen LogP contribution in [0.5, 0.6) is 5.75 Å². The second-order valence-electron chi connectivity index (χ2n) is 5.17. The van der Waals surface area contributed by atoms with Crippen LogP contribution in [0.15, 0.2) is 24.3 Å². The van der Waals surface area contributed by atoms with Gasteiger partial charge in [0.05, 0.1) is 19.8 Å². The molecule has 3 heteroatoms. The van der Waals surface area contributed by atoms with Crippen LogP contribution in [0, 0.1) is 5.92 Å². The third-order valence-corrected chi connectivity index (χ3v) is 4.48. The summed E-state index contributed by atoms with van der Waals surface area (Å²) in [5.41, 5.74) is 1.21. The lowest BCUT2D eigenvalue weighted by atomic mass is 10.0. The molecule has 2 nitrogen and oxygen atoms in total. The molecule has 0 fully saturated rings. The van der Waals surface area contributed by atoms with Gasteiger partial charge in [0, 0.05) is 4.43 Å². The topological polar surface area (TPSA) is 18.5 Å². The van der Waals surface area contributed by atoms with E-state index in [9.17, 15) is 0 Å². The molecule has 1 rings (SSSR count). The molecule has 0 aliphatic rings. The van der Waals surface area contributed by atoms with E-state index in [0.29, 0.717) is 5.92 Å². The number of rotatable bonds is 10. The number of ether oxygens (including phenoxy) is 2. The molecule has 0 radical (unpaired) electrons. The van der Waals surface area contributed by atoms with Gasteiger partial charge < -0.3 is 9.47 Å². The van der Waals surface area contributed by atoms with E-state index in [1.165, 1.54) is 31.2 Å². The van der Waals surface area contributed by atoms with Crippen molar-refractivity contribution in [2.45, 2.75) is 45.6 Å². The number of unbranched alkanes of at least 4 members (excludes halogenated alkanes) is 1. The molecule has 0 saturated heterocycles. The molecule has 1 aromatic rings. The van der Waals surface area contributed by atoms with Gasteiger partial charge in [-0.2, -0.15) is 0 Å². The fourth-order valence-electron chi connectivity index (χ4n) is 2.22. The smallest absolute Gasteiger partial charge is 0.119 e. The molecule has 114 valence electrons. The Hall–Kier alpha value is -0.290. The SMILES string of the molecule is CCCCC(CC)COC(CI)c1cccc(OC)c1. The first-order chi connectivity index (χ1) is 9.74. The first-order valence-electron chi connectivity index (χ1n) is 7.56. The van der Waals surface area contributed by atoms with Crippen molar-refractivity contribution in [2.75, 3.05) is 18.1 Å². The Morgan fingerprint density at radius 2 is 2.05 bits per heavy atom. The summed E-state index contributed by atoms with van der Waals surface area (Å²) in [7, 11) is 1.71. The molecule has 1 aromatic carbocycles. The predicted molar refractivity (Wildman–Crippen MR) is 93.9 cm³/mol. The maximum atomic E-state index is 6.16. The molecule has 0 aliphatic carbocycles. The van der Waals surface area contributed by atoms with Crippen LogP contribution in [0.25, 0.3) is 0 Å². The van der Waals surface area contributed by atoms with Crippen LogP contribution in [-0.2, 0) is 4.74 Å². The maximum absolute atomic E-state index is 6.16. The molecule has 0 heterocycles. The normalized spacial score (nSPS) is 14.0. The minimum Gasteiger partial charge on any atom is -0.497 e. The van der Waals surface area contributed by atoms with Crippen molar-refractivity contribution in [1.82, 2.24) is 0 Å². The molecule has 0 aromatic heterocycles. The molecule has 2 unspecified atom stereocenters. The zero-order valence-electron chi connectivity index (χ0n) is 12.9. The molecular weight excluding hydrogens is 363 g/mol. The highest BCUT2D eigenvalue weighted by Crippen LogP contribution is 2.25. The van der Waals surface area contributed by atoms with Gasteiger partial charge in [0.1, 0.15) is 5.75 Å². The highest BCUT2D eigenvalue weighted by atomic mass is 127. The number of hydrogen-bond acceptors (Lipinski definition) is 2. The van der Waals surface area contributed by atoms with E-state index in [2.05, 4.69) is 48.6 Å². The molecule has 0 aliphatic heterocycles. The summed E-state index contributed by atoms with van der Waals surface area (Å²) < 4.78 is 12.4. The van der Waals surface area contributed by atoms with E-state index in [4.69, 9.17) is 9.47 Å². The monoisotopic (exact) mass is 390 g/mol. The van der Waals surface area contributed by atoms with Gasteiger partial charge >= 0.3 is 0 Å². The van der Waals surface area contributed by atoms with Crippen LogP contribution in [-0.4, -0.2) is 18.1 Å². The summed E-state index contributed by atoms with van der Waals surface area (Å²) in [4.78, 5) is 0. The number of benzene rings is 1. The van der Waals surface area contributed by atoms with Crippen LogP contribution in [0.3, 0.4) is 0 Å². The van der Waals surface area contributed by atoms with Gasteiger partial charge in [0.25, 0.3) is 0 Å². The van der Waals surface area contributed by atoms with Crippen molar-refractivity contribution in [2.24, 2.45) is 5.92 Å². The lowest BCUT2D eigenvalue weighted by molar-refractivity contribution is 0.0401. The zero-order chi connectivity index (χ0) is 14.8. The van der Waals surface area contributed by atoms with E-state index in [0.717, 1.165) is 16.8 Å². The van der Waals surface area contributed by atoms with Gasteiger partial charge in [-0.25, -0.2) is 0 Å². The average molecular weight is 390 g/mol. The van der Waals surface area contributed by atoms with Crippen LogP contribution in [0.2, 0.25) is 0 Å².